The molecule has 0 aliphatic rings. The Morgan fingerprint density at radius 1 is 1.09 bits per heavy atom. The van der Waals surface area contributed by atoms with Gasteiger partial charge in [0.1, 0.15) is 38.9 Å². The summed E-state index contributed by atoms with van der Waals surface area (Å²) in [6, 6.07) is 13.8. The van der Waals surface area contributed by atoms with E-state index in [4.69, 9.17) is 4.42 Å². The van der Waals surface area contributed by atoms with E-state index < -0.39 is 0 Å². The molecule has 0 radical (unpaired) electrons. The highest BCUT2D eigenvalue weighted by molar-refractivity contribution is 7.98. The van der Waals surface area contributed by atoms with Crippen LogP contribution in [-0.2, 0) is 5.75 Å². The molecule has 6 aromatic rings. The number of hydrogen-bond donors (Lipinski definition) is 1. The van der Waals surface area contributed by atoms with Crippen LogP contribution in [0.1, 0.15) is 5.82 Å². The first-order valence-corrected chi connectivity index (χ1v) is 11.6. The minimum atomic E-state index is -0.308. The number of nitrogens with zero attached hydrogens (tertiary/aromatic N) is 3. The van der Waals surface area contributed by atoms with Crippen LogP contribution in [0.25, 0.3) is 43.4 Å². The largest absolute Gasteiger partial charge is 0.449 e. The van der Waals surface area contributed by atoms with Gasteiger partial charge in [0.25, 0.3) is 5.56 Å². The van der Waals surface area contributed by atoms with Gasteiger partial charge in [-0.25, -0.2) is 19.3 Å². The normalized spacial score (nSPS) is 11.7. The van der Waals surface area contributed by atoms with E-state index in [9.17, 15) is 9.18 Å². The van der Waals surface area contributed by atoms with E-state index in [0.717, 1.165) is 31.8 Å². The van der Waals surface area contributed by atoms with Crippen molar-refractivity contribution in [3.8, 4) is 11.1 Å². The topological polar surface area (TPSA) is 84.7 Å². The number of benzene rings is 2. The summed E-state index contributed by atoms with van der Waals surface area (Å²) in [5.74, 6) is 0.663. The van der Waals surface area contributed by atoms with E-state index >= 15 is 0 Å². The lowest BCUT2D eigenvalue weighted by atomic mass is 10.1. The molecule has 0 amide bonds. The van der Waals surface area contributed by atoms with Gasteiger partial charge in [-0.05, 0) is 29.8 Å². The van der Waals surface area contributed by atoms with Crippen LogP contribution in [0, 0.1) is 5.82 Å². The number of rotatable bonds is 4. The number of thioether (sulfide) groups is 1. The maximum absolute atomic E-state index is 13.4. The summed E-state index contributed by atoms with van der Waals surface area (Å²) in [4.78, 5) is 29.7. The Hall–Kier alpha value is -3.56. The molecule has 0 saturated heterocycles. The van der Waals surface area contributed by atoms with E-state index in [-0.39, 0.29) is 17.0 Å². The number of furan rings is 1. The number of aromatic nitrogens is 4. The molecule has 0 fully saturated rings. The summed E-state index contributed by atoms with van der Waals surface area (Å²) < 4.78 is 19.0. The van der Waals surface area contributed by atoms with Crippen LogP contribution >= 0.6 is 23.1 Å². The molecule has 0 aliphatic heterocycles. The van der Waals surface area contributed by atoms with Gasteiger partial charge in [-0.3, -0.25) is 4.79 Å². The maximum atomic E-state index is 13.4. The molecule has 0 unspecified atom stereocenters. The lowest BCUT2D eigenvalue weighted by Gasteiger charge is -2.05. The first kappa shape index (κ1) is 19.1. The monoisotopic (exact) mass is 460 g/mol. The number of fused-ring (bicyclic) bond motifs is 4. The van der Waals surface area contributed by atoms with Gasteiger partial charge in [-0.1, -0.05) is 36.0 Å². The van der Waals surface area contributed by atoms with Gasteiger partial charge in [-0.15, -0.1) is 11.3 Å². The molecule has 1 N–H and O–H groups in total. The highest BCUT2D eigenvalue weighted by Gasteiger charge is 2.16. The van der Waals surface area contributed by atoms with Crippen molar-refractivity contribution in [2.24, 2.45) is 0 Å². The second-order valence-electron chi connectivity index (χ2n) is 7.09. The van der Waals surface area contributed by atoms with Crippen molar-refractivity contribution in [1.82, 2.24) is 19.9 Å². The van der Waals surface area contributed by atoms with Crippen LogP contribution in [0.2, 0.25) is 0 Å². The number of thiophene rings is 1. The molecule has 0 saturated carbocycles. The van der Waals surface area contributed by atoms with E-state index in [2.05, 4.69) is 19.9 Å². The Bertz CT molecular complexity index is 1670. The van der Waals surface area contributed by atoms with Gasteiger partial charge in [-0.2, -0.15) is 0 Å². The van der Waals surface area contributed by atoms with Gasteiger partial charge in [0.15, 0.2) is 0 Å². The molecule has 0 spiro atoms. The molecular weight excluding hydrogens is 447 g/mol. The van der Waals surface area contributed by atoms with Crippen molar-refractivity contribution in [2.45, 2.75) is 10.8 Å². The van der Waals surface area contributed by atoms with E-state index in [1.165, 1.54) is 41.6 Å². The van der Waals surface area contributed by atoms with Gasteiger partial charge >= 0.3 is 0 Å². The number of hydrogen-bond acceptors (Lipinski definition) is 7. The Labute approximate surface area is 188 Å². The summed E-state index contributed by atoms with van der Waals surface area (Å²) in [5, 5.41) is 4.49. The van der Waals surface area contributed by atoms with Crippen LogP contribution in [-0.4, -0.2) is 19.9 Å². The van der Waals surface area contributed by atoms with Crippen molar-refractivity contribution in [3.05, 3.63) is 82.2 Å². The van der Waals surface area contributed by atoms with Crippen molar-refractivity contribution >= 4 is 55.4 Å². The molecular formula is C23H13FN4O2S2. The third-order valence-corrected chi connectivity index (χ3v) is 7.00. The Kier molecular flexibility index (Phi) is 4.51. The van der Waals surface area contributed by atoms with Crippen molar-refractivity contribution in [3.63, 3.8) is 0 Å². The van der Waals surface area contributed by atoms with Crippen molar-refractivity contribution in [2.75, 3.05) is 0 Å². The van der Waals surface area contributed by atoms with E-state index in [1.54, 1.807) is 12.1 Å². The second-order valence-corrected chi connectivity index (χ2v) is 8.91. The Balaban J connectivity index is 1.39. The fraction of sp³-hybridized carbons (Fsp3) is 0.0435. The summed E-state index contributed by atoms with van der Waals surface area (Å²) in [7, 11) is 0. The lowest BCUT2D eigenvalue weighted by Crippen LogP contribution is -2.10. The summed E-state index contributed by atoms with van der Waals surface area (Å²) >= 11 is 2.97. The molecule has 156 valence electrons. The average Bonchev–Trinajstić information content (AvgIpc) is 3.41. The SMILES string of the molecule is O=c1[nH]c(CSc2ncnc3scc(-c4ccc(F)cc4)c23)nc2c1oc1ccccc12. The quantitative estimate of drug-likeness (QED) is 0.265. The molecule has 2 aromatic carbocycles. The van der Waals surface area contributed by atoms with Crippen LogP contribution in [0.15, 0.2) is 74.5 Å². The van der Waals surface area contributed by atoms with Crippen molar-refractivity contribution in [1.29, 1.82) is 0 Å². The van der Waals surface area contributed by atoms with Crippen LogP contribution in [0.5, 0.6) is 0 Å². The molecule has 4 heterocycles. The second kappa shape index (κ2) is 7.54. The lowest BCUT2D eigenvalue weighted by molar-refractivity contribution is 0.628. The molecule has 6 nitrogen and oxygen atoms in total. The van der Waals surface area contributed by atoms with Crippen LogP contribution < -0.4 is 5.56 Å². The molecule has 0 aliphatic carbocycles. The van der Waals surface area contributed by atoms with Gasteiger partial charge < -0.3 is 9.40 Å². The summed E-state index contributed by atoms with van der Waals surface area (Å²) in [6.45, 7) is 0. The zero-order valence-electron chi connectivity index (χ0n) is 16.3. The fourth-order valence-electron chi connectivity index (χ4n) is 3.65. The zero-order valence-corrected chi connectivity index (χ0v) is 18.0. The Morgan fingerprint density at radius 2 is 1.94 bits per heavy atom. The Morgan fingerprint density at radius 3 is 2.81 bits per heavy atom. The molecule has 0 atom stereocenters. The number of nitrogens with one attached hydrogen (secondary N) is 1. The average molecular weight is 461 g/mol. The minimum absolute atomic E-state index is 0.223. The number of aromatic amines is 1. The first-order valence-electron chi connectivity index (χ1n) is 9.69. The first-order chi connectivity index (χ1) is 15.7. The van der Waals surface area contributed by atoms with Gasteiger partial charge in [0.05, 0.1) is 11.1 Å². The molecule has 6 rings (SSSR count). The van der Waals surface area contributed by atoms with Crippen LogP contribution in [0.3, 0.4) is 0 Å². The molecule has 32 heavy (non-hydrogen) atoms. The smallest absolute Gasteiger partial charge is 0.294 e. The van der Waals surface area contributed by atoms with E-state index in [0.29, 0.717) is 22.7 Å². The standard InChI is InChI=1S/C23H13FN4O2S2/c24-13-7-5-12(6-8-13)15-9-31-22-18(15)23(26-11-25-22)32-10-17-27-19-14-3-1-2-4-16(14)30-20(19)21(29)28-17/h1-9,11H,10H2,(H,27,28,29). The predicted molar refractivity (Wildman–Crippen MR) is 125 cm³/mol. The highest BCUT2D eigenvalue weighted by Crippen LogP contribution is 2.38. The zero-order chi connectivity index (χ0) is 21.7. The number of para-hydroxylation sites is 1. The molecule has 9 heteroatoms. The van der Waals surface area contributed by atoms with E-state index in [1.807, 2.05) is 29.6 Å². The fourth-order valence-corrected chi connectivity index (χ4v) is 5.51. The van der Waals surface area contributed by atoms with Gasteiger partial charge in [0.2, 0.25) is 5.58 Å². The number of H-pyrrole nitrogens is 1. The van der Waals surface area contributed by atoms with Gasteiger partial charge in [0, 0.05) is 16.3 Å². The third-order valence-electron chi connectivity index (χ3n) is 5.12. The minimum Gasteiger partial charge on any atom is -0.449 e. The summed E-state index contributed by atoms with van der Waals surface area (Å²) in [5.41, 5.74) is 2.94. The maximum Gasteiger partial charge on any atom is 0.294 e. The predicted octanol–water partition coefficient (Wildman–Crippen LogP) is 5.77. The highest BCUT2D eigenvalue weighted by atomic mass is 32.2. The molecule has 4 aromatic heterocycles. The number of halogens is 1. The van der Waals surface area contributed by atoms with Crippen LogP contribution in [0.4, 0.5) is 4.39 Å². The molecule has 0 bridgehead atoms. The summed E-state index contributed by atoms with van der Waals surface area (Å²) in [6.07, 6.45) is 1.53. The van der Waals surface area contributed by atoms with Crippen molar-refractivity contribution < 1.29 is 8.81 Å². The third kappa shape index (κ3) is 3.17.